The van der Waals surface area contributed by atoms with Crippen molar-refractivity contribution in [2.24, 2.45) is 11.8 Å². The summed E-state index contributed by atoms with van der Waals surface area (Å²) in [6.45, 7) is 2.27. The molecule has 2 unspecified atom stereocenters. The highest BCUT2D eigenvalue weighted by Crippen LogP contribution is 2.26. The highest BCUT2D eigenvalue weighted by atomic mass is 14.6. The number of hydrogen-bond donors (Lipinski definition) is 2. The molecule has 1 aliphatic carbocycles. The van der Waals surface area contributed by atoms with Gasteiger partial charge in [-0.2, -0.15) is 0 Å². The molecule has 0 aromatic rings. The van der Waals surface area contributed by atoms with Crippen LogP contribution in [-0.2, 0) is 0 Å². The molecule has 6 N–H and O–H groups in total. The summed E-state index contributed by atoms with van der Waals surface area (Å²) < 4.78 is 0. The van der Waals surface area contributed by atoms with Crippen molar-refractivity contribution in [2.75, 3.05) is 13.1 Å². The Hall–Kier alpha value is -0.0800. The van der Waals surface area contributed by atoms with Gasteiger partial charge >= 0.3 is 0 Å². The van der Waals surface area contributed by atoms with E-state index in [0.717, 1.165) is 24.9 Å². The lowest BCUT2D eigenvalue weighted by atomic mass is 9.81. The third-order valence-electron chi connectivity index (χ3n) is 2.71. The lowest BCUT2D eigenvalue weighted by Gasteiger charge is -2.24. The molecule has 0 aromatic carbocycles. The van der Waals surface area contributed by atoms with Crippen molar-refractivity contribution in [2.45, 2.75) is 25.7 Å². The van der Waals surface area contributed by atoms with Gasteiger partial charge in [0.1, 0.15) is 0 Å². The Labute approximate surface area is 63.0 Å². The van der Waals surface area contributed by atoms with Crippen molar-refractivity contribution < 1.29 is 11.5 Å². The van der Waals surface area contributed by atoms with Crippen molar-refractivity contribution in [1.82, 2.24) is 0 Å². The molecule has 0 radical (unpaired) electrons. The first-order chi connectivity index (χ1) is 4.86. The fourth-order valence-electron chi connectivity index (χ4n) is 1.93. The van der Waals surface area contributed by atoms with E-state index < -0.39 is 0 Å². The van der Waals surface area contributed by atoms with E-state index in [1.165, 1.54) is 25.7 Å². The molecule has 0 aliphatic heterocycles. The van der Waals surface area contributed by atoms with Crippen LogP contribution >= 0.6 is 0 Å². The second kappa shape index (κ2) is 3.94. The molecule has 0 aromatic heterocycles. The summed E-state index contributed by atoms with van der Waals surface area (Å²) in [5.41, 5.74) is 7.92. The maximum Gasteiger partial charge on any atom is 0.0768 e. The predicted octanol–water partition coefficient (Wildman–Crippen LogP) is -0.723. The van der Waals surface area contributed by atoms with Gasteiger partial charge in [-0.15, -0.1) is 0 Å². The lowest BCUT2D eigenvalue weighted by Crippen LogP contribution is -2.57. The van der Waals surface area contributed by atoms with Crippen molar-refractivity contribution >= 4 is 0 Å². The van der Waals surface area contributed by atoms with Gasteiger partial charge in [-0.05, 0) is 19.3 Å². The summed E-state index contributed by atoms with van der Waals surface area (Å²) >= 11 is 0. The summed E-state index contributed by atoms with van der Waals surface area (Å²) in [4.78, 5) is 0. The van der Waals surface area contributed by atoms with Crippen LogP contribution in [0.4, 0.5) is 0 Å². The first-order valence-corrected chi connectivity index (χ1v) is 4.45. The summed E-state index contributed by atoms with van der Waals surface area (Å²) in [7, 11) is 0. The molecule has 0 amide bonds. The van der Waals surface area contributed by atoms with Crippen molar-refractivity contribution in [3.8, 4) is 0 Å². The fourth-order valence-corrected chi connectivity index (χ4v) is 1.93. The van der Waals surface area contributed by atoms with Crippen LogP contribution in [0.2, 0.25) is 0 Å². The van der Waals surface area contributed by atoms with Crippen LogP contribution in [-0.4, -0.2) is 13.1 Å². The Morgan fingerprint density at radius 1 is 1.00 bits per heavy atom. The Bertz CT molecular complexity index is 83.3. The van der Waals surface area contributed by atoms with Gasteiger partial charge in [0.15, 0.2) is 0 Å². The minimum Gasteiger partial charge on any atom is -0.357 e. The minimum absolute atomic E-state index is 0.917. The number of rotatable bonds is 2. The van der Waals surface area contributed by atoms with Crippen LogP contribution < -0.4 is 11.5 Å². The number of quaternary nitrogens is 2. The molecule has 60 valence electrons. The molecule has 0 bridgehead atoms. The Balaban J connectivity index is 2.25. The van der Waals surface area contributed by atoms with Crippen LogP contribution in [0.3, 0.4) is 0 Å². The molecule has 0 saturated heterocycles. The van der Waals surface area contributed by atoms with Gasteiger partial charge in [-0.1, -0.05) is 6.42 Å². The average molecular weight is 144 g/mol. The van der Waals surface area contributed by atoms with E-state index in [9.17, 15) is 0 Å². The zero-order valence-corrected chi connectivity index (χ0v) is 6.81. The van der Waals surface area contributed by atoms with Gasteiger partial charge in [-0.3, -0.25) is 0 Å². The molecule has 2 atom stereocenters. The van der Waals surface area contributed by atoms with Gasteiger partial charge in [0.2, 0.25) is 0 Å². The molecule has 0 heterocycles. The molecule has 2 heteroatoms. The van der Waals surface area contributed by atoms with E-state index in [4.69, 9.17) is 0 Å². The maximum absolute atomic E-state index is 3.96. The monoisotopic (exact) mass is 144 g/mol. The summed E-state index contributed by atoms with van der Waals surface area (Å²) in [6.07, 6.45) is 5.65. The molecule has 1 aliphatic rings. The third kappa shape index (κ3) is 1.96. The third-order valence-corrected chi connectivity index (χ3v) is 2.71. The highest BCUT2D eigenvalue weighted by Gasteiger charge is 2.21. The van der Waals surface area contributed by atoms with Gasteiger partial charge in [0, 0.05) is 11.8 Å². The van der Waals surface area contributed by atoms with E-state index in [1.54, 1.807) is 0 Å². The van der Waals surface area contributed by atoms with Crippen LogP contribution in [0.5, 0.6) is 0 Å². The highest BCUT2D eigenvalue weighted by molar-refractivity contribution is 4.70. The first kappa shape index (κ1) is 8.02. The summed E-state index contributed by atoms with van der Waals surface area (Å²) in [6, 6.07) is 0. The molecule has 0 spiro atoms. The second-order valence-electron chi connectivity index (χ2n) is 3.48. The Morgan fingerprint density at radius 3 is 1.90 bits per heavy atom. The van der Waals surface area contributed by atoms with Crippen LogP contribution in [0.1, 0.15) is 25.7 Å². The normalized spacial score (nSPS) is 34.2. The molecule has 1 saturated carbocycles. The second-order valence-corrected chi connectivity index (χ2v) is 3.48. The van der Waals surface area contributed by atoms with Gasteiger partial charge in [-0.25, -0.2) is 0 Å². The summed E-state index contributed by atoms with van der Waals surface area (Å²) in [5.74, 6) is 1.83. The quantitative estimate of drug-likeness (QED) is 0.514. The molecular weight excluding hydrogens is 124 g/mol. The lowest BCUT2D eigenvalue weighted by molar-refractivity contribution is -0.391. The van der Waals surface area contributed by atoms with E-state index in [1.807, 2.05) is 0 Å². The average Bonchev–Trinajstić information content (AvgIpc) is 2.05. The largest absolute Gasteiger partial charge is 0.357 e. The molecule has 1 fully saturated rings. The van der Waals surface area contributed by atoms with Crippen molar-refractivity contribution in [3.05, 3.63) is 0 Å². The zero-order chi connectivity index (χ0) is 7.40. The molecule has 10 heavy (non-hydrogen) atoms. The number of hydrogen-bond acceptors (Lipinski definition) is 0. The maximum atomic E-state index is 3.96. The summed E-state index contributed by atoms with van der Waals surface area (Å²) in [5, 5.41) is 0. The van der Waals surface area contributed by atoms with Crippen LogP contribution in [0.25, 0.3) is 0 Å². The minimum atomic E-state index is 0.917. The van der Waals surface area contributed by atoms with Crippen molar-refractivity contribution in [1.29, 1.82) is 0 Å². The SMILES string of the molecule is [NH3+]CC1CCCC(C[NH3+])C1. The van der Waals surface area contributed by atoms with Gasteiger partial charge in [0.05, 0.1) is 13.1 Å². The standard InChI is InChI=1S/C8H18N2/c9-5-7-2-1-3-8(4-7)6-10/h7-8H,1-6,9-10H2/p+2. The fraction of sp³-hybridized carbons (Fsp3) is 1.00. The Kier molecular flexibility index (Phi) is 3.16. The van der Waals surface area contributed by atoms with E-state index in [2.05, 4.69) is 11.5 Å². The van der Waals surface area contributed by atoms with E-state index in [-0.39, 0.29) is 0 Å². The first-order valence-electron chi connectivity index (χ1n) is 4.45. The topological polar surface area (TPSA) is 55.3 Å². The van der Waals surface area contributed by atoms with Gasteiger partial charge < -0.3 is 11.5 Å². The van der Waals surface area contributed by atoms with Crippen LogP contribution in [0, 0.1) is 11.8 Å². The Morgan fingerprint density at radius 2 is 1.50 bits per heavy atom. The molecule has 2 nitrogen and oxygen atoms in total. The molecular formula is C8H20N2+2. The van der Waals surface area contributed by atoms with Crippen LogP contribution in [0.15, 0.2) is 0 Å². The van der Waals surface area contributed by atoms with E-state index >= 15 is 0 Å². The smallest absolute Gasteiger partial charge is 0.0768 e. The molecule has 1 rings (SSSR count). The van der Waals surface area contributed by atoms with Gasteiger partial charge in [0.25, 0.3) is 0 Å². The predicted molar refractivity (Wildman–Crippen MR) is 41.0 cm³/mol. The van der Waals surface area contributed by atoms with E-state index in [0.29, 0.717) is 0 Å². The zero-order valence-electron chi connectivity index (χ0n) is 6.81. The van der Waals surface area contributed by atoms with Crippen molar-refractivity contribution in [3.63, 3.8) is 0 Å².